The Morgan fingerprint density at radius 1 is 1.12 bits per heavy atom. The van der Waals surface area contributed by atoms with Crippen LogP contribution in [0.5, 0.6) is 0 Å². The zero-order valence-electron chi connectivity index (χ0n) is 15.3. The van der Waals surface area contributed by atoms with Crippen molar-refractivity contribution in [3.8, 4) is 0 Å². The lowest BCUT2D eigenvalue weighted by Crippen LogP contribution is -2.28. The lowest BCUT2D eigenvalue weighted by molar-refractivity contribution is -0.147. The van der Waals surface area contributed by atoms with Crippen LogP contribution >= 0.6 is 0 Å². The summed E-state index contributed by atoms with van der Waals surface area (Å²) in [5.41, 5.74) is 0.439. The largest absolute Gasteiger partial charge is 0.493 e. The van der Waals surface area contributed by atoms with E-state index in [2.05, 4.69) is 5.32 Å². The number of carbonyl (C=O) groups excluding carboxylic acids is 3. The highest BCUT2D eigenvalue weighted by Crippen LogP contribution is 2.19. The number of ether oxygens (including phenoxy) is 3. The van der Waals surface area contributed by atoms with E-state index in [0.29, 0.717) is 17.9 Å². The Morgan fingerprint density at radius 2 is 1.77 bits per heavy atom. The molecule has 0 unspecified atom stereocenters. The van der Waals surface area contributed by atoms with Crippen LogP contribution in [0.4, 0.5) is 5.69 Å². The summed E-state index contributed by atoms with van der Waals surface area (Å²) in [6, 6.07) is 6.41. The van der Waals surface area contributed by atoms with E-state index in [1.54, 1.807) is 24.3 Å². The molecule has 1 aromatic rings. The molecule has 0 bridgehead atoms. The summed E-state index contributed by atoms with van der Waals surface area (Å²) >= 11 is 0. The SMILES string of the molecule is C[C@@H](OC(=O)C1=COCCO1)C(=O)c1ccc(NC(=O)C(C)(C)C)cc1. The third-order valence-electron chi connectivity index (χ3n) is 3.61. The molecule has 26 heavy (non-hydrogen) atoms. The summed E-state index contributed by atoms with van der Waals surface area (Å²) in [6.45, 7) is 7.54. The van der Waals surface area contributed by atoms with Crippen molar-refractivity contribution in [1.82, 2.24) is 0 Å². The second-order valence-electron chi connectivity index (χ2n) is 6.89. The molecule has 0 saturated carbocycles. The van der Waals surface area contributed by atoms with Crippen LogP contribution < -0.4 is 5.32 Å². The van der Waals surface area contributed by atoms with Gasteiger partial charge in [0.1, 0.15) is 19.5 Å². The first-order valence-electron chi connectivity index (χ1n) is 8.30. The van der Waals surface area contributed by atoms with E-state index in [-0.39, 0.29) is 24.1 Å². The number of anilines is 1. The van der Waals surface area contributed by atoms with Gasteiger partial charge in [-0.15, -0.1) is 0 Å². The van der Waals surface area contributed by atoms with E-state index in [9.17, 15) is 14.4 Å². The van der Waals surface area contributed by atoms with Crippen molar-refractivity contribution >= 4 is 23.3 Å². The minimum absolute atomic E-state index is 0.0591. The number of nitrogens with one attached hydrogen (secondary N) is 1. The first-order chi connectivity index (χ1) is 12.2. The van der Waals surface area contributed by atoms with Gasteiger partial charge in [0.15, 0.2) is 6.10 Å². The van der Waals surface area contributed by atoms with Crippen molar-refractivity contribution in [2.75, 3.05) is 18.5 Å². The molecule has 1 amide bonds. The predicted octanol–water partition coefficient (Wildman–Crippen LogP) is 2.67. The summed E-state index contributed by atoms with van der Waals surface area (Å²) < 4.78 is 15.2. The summed E-state index contributed by atoms with van der Waals surface area (Å²) in [5.74, 6) is -1.29. The van der Waals surface area contributed by atoms with Crippen molar-refractivity contribution in [2.24, 2.45) is 5.41 Å². The molecule has 1 N–H and O–H groups in total. The molecule has 1 aliphatic rings. The predicted molar refractivity (Wildman–Crippen MR) is 94.4 cm³/mol. The topological polar surface area (TPSA) is 90.9 Å². The molecule has 2 rings (SSSR count). The third-order valence-corrected chi connectivity index (χ3v) is 3.61. The molecular formula is C19H23NO6. The lowest BCUT2D eigenvalue weighted by Gasteiger charge is -2.18. The molecule has 0 aliphatic carbocycles. The zero-order chi connectivity index (χ0) is 19.3. The Kier molecular flexibility index (Phi) is 6.02. The van der Waals surface area contributed by atoms with Gasteiger partial charge in [-0.1, -0.05) is 20.8 Å². The van der Waals surface area contributed by atoms with Crippen molar-refractivity contribution in [3.05, 3.63) is 41.9 Å². The van der Waals surface area contributed by atoms with Gasteiger partial charge in [-0.05, 0) is 31.2 Å². The number of benzene rings is 1. The molecule has 0 fully saturated rings. The van der Waals surface area contributed by atoms with Crippen molar-refractivity contribution in [1.29, 1.82) is 0 Å². The van der Waals surface area contributed by atoms with E-state index >= 15 is 0 Å². The van der Waals surface area contributed by atoms with Gasteiger partial charge < -0.3 is 19.5 Å². The first-order valence-corrected chi connectivity index (χ1v) is 8.30. The van der Waals surface area contributed by atoms with Crippen LogP contribution in [-0.2, 0) is 23.8 Å². The number of hydrogen-bond acceptors (Lipinski definition) is 6. The normalized spacial score (nSPS) is 15.0. The van der Waals surface area contributed by atoms with E-state index in [4.69, 9.17) is 14.2 Å². The molecule has 1 aromatic carbocycles. The fourth-order valence-electron chi connectivity index (χ4n) is 2.02. The molecule has 0 spiro atoms. The number of hydrogen-bond donors (Lipinski definition) is 1. The summed E-state index contributed by atoms with van der Waals surface area (Å²) in [6.07, 6.45) is 0.194. The smallest absolute Gasteiger partial charge is 0.377 e. The summed E-state index contributed by atoms with van der Waals surface area (Å²) in [4.78, 5) is 36.3. The van der Waals surface area contributed by atoms with E-state index in [0.717, 1.165) is 0 Å². The average molecular weight is 361 g/mol. The first kappa shape index (κ1) is 19.5. The van der Waals surface area contributed by atoms with Crippen LogP contribution in [-0.4, -0.2) is 37.0 Å². The van der Waals surface area contributed by atoms with Gasteiger partial charge in [0.2, 0.25) is 17.4 Å². The monoisotopic (exact) mass is 361 g/mol. The maximum absolute atomic E-state index is 12.4. The Bertz CT molecular complexity index is 715. The molecule has 7 nitrogen and oxygen atoms in total. The van der Waals surface area contributed by atoms with Crippen LogP contribution in [0, 0.1) is 5.41 Å². The Labute approximate surface area is 152 Å². The summed E-state index contributed by atoms with van der Waals surface area (Å²) in [7, 11) is 0. The molecule has 0 saturated heterocycles. The van der Waals surface area contributed by atoms with Crippen molar-refractivity contribution in [2.45, 2.75) is 33.8 Å². The fraction of sp³-hybridized carbons (Fsp3) is 0.421. The van der Waals surface area contributed by atoms with Gasteiger partial charge in [0.05, 0.1) is 0 Å². The van der Waals surface area contributed by atoms with Gasteiger partial charge in [0.25, 0.3) is 0 Å². The van der Waals surface area contributed by atoms with Gasteiger partial charge >= 0.3 is 5.97 Å². The van der Waals surface area contributed by atoms with Crippen LogP contribution in [0.25, 0.3) is 0 Å². The van der Waals surface area contributed by atoms with Gasteiger partial charge in [0, 0.05) is 16.7 Å². The number of ketones is 1. The third kappa shape index (κ3) is 5.08. The Balaban J connectivity index is 1.97. The Hall–Kier alpha value is -2.83. The number of esters is 1. The minimum atomic E-state index is -0.982. The molecular weight excluding hydrogens is 338 g/mol. The van der Waals surface area contributed by atoms with Gasteiger partial charge in [-0.3, -0.25) is 9.59 Å². The quantitative estimate of drug-likeness (QED) is 0.640. The zero-order valence-corrected chi connectivity index (χ0v) is 15.3. The average Bonchev–Trinajstić information content (AvgIpc) is 2.61. The van der Waals surface area contributed by atoms with Crippen LogP contribution in [0.15, 0.2) is 36.3 Å². The molecule has 1 heterocycles. The summed E-state index contributed by atoms with van der Waals surface area (Å²) in [5, 5.41) is 2.78. The van der Waals surface area contributed by atoms with Gasteiger partial charge in [-0.25, -0.2) is 4.79 Å². The molecule has 1 aliphatic heterocycles. The minimum Gasteiger partial charge on any atom is -0.493 e. The second kappa shape index (κ2) is 8.03. The van der Waals surface area contributed by atoms with E-state index < -0.39 is 17.5 Å². The van der Waals surface area contributed by atoms with E-state index in [1.807, 2.05) is 20.8 Å². The highest BCUT2D eigenvalue weighted by molar-refractivity contribution is 6.01. The fourth-order valence-corrected chi connectivity index (χ4v) is 2.02. The Morgan fingerprint density at radius 3 is 2.31 bits per heavy atom. The molecule has 0 aromatic heterocycles. The maximum Gasteiger partial charge on any atom is 0.377 e. The van der Waals surface area contributed by atoms with Crippen molar-refractivity contribution < 1.29 is 28.6 Å². The van der Waals surface area contributed by atoms with Crippen LogP contribution in [0.3, 0.4) is 0 Å². The van der Waals surface area contributed by atoms with Crippen LogP contribution in [0.2, 0.25) is 0 Å². The second-order valence-corrected chi connectivity index (χ2v) is 6.89. The number of amides is 1. The lowest BCUT2D eigenvalue weighted by atomic mass is 9.95. The molecule has 0 radical (unpaired) electrons. The maximum atomic E-state index is 12.4. The van der Waals surface area contributed by atoms with Gasteiger partial charge in [-0.2, -0.15) is 0 Å². The number of Topliss-reactive ketones (excluding diaryl/α,β-unsaturated/α-hetero) is 1. The molecule has 7 heteroatoms. The number of rotatable bonds is 5. The molecule has 140 valence electrons. The standard InChI is InChI=1S/C19H23NO6/c1-12(26-17(22)15-11-24-9-10-25-15)16(21)13-5-7-14(8-6-13)20-18(23)19(2,3)4/h5-8,11-12H,9-10H2,1-4H3,(H,20,23)/t12-/m1/s1. The number of carbonyl (C=O) groups is 3. The molecule has 1 atom stereocenters. The highest BCUT2D eigenvalue weighted by Gasteiger charge is 2.24. The van der Waals surface area contributed by atoms with Crippen LogP contribution in [0.1, 0.15) is 38.1 Å². The van der Waals surface area contributed by atoms with E-state index in [1.165, 1.54) is 13.2 Å². The van der Waals surface area contributed by atoms with Crippen molar-refractivity contribution in [3.63, 3.8) is 0 Å². The highest BCUT2D eigenvalue weighted by atomic mass is 16.6.